The topological polar surface area (TPSA) is 101 Å². The Morgan fingerprint density at radius 2 is 1.80 bits per heavy atom. The van der Waals surface area contributed by atoms with Gasteiger partial charge < -0.3 is 24.1 Å². The SMILES string of the molecule is COc1ccc(C(=O)N2C(C(=O)NCc3ccco3)COC23CCN(C(=O)C(C)(C)C)CC3)cc1. The van der Waals surface area contributed by atoms with E-state index in [-0.39, 0.29) is 30.9 Å². The Bertz CT molecular complexity index is 1050. The molecule has 0 radical (unpaired) electrons. The van der Waals surface area contributed by atoms with Crippen LogP contribution in [0.25, 0.3) is 0 Å². The lowest BCUT2D eigenvalue weighted by Gasteiger charge is -2.45. The Morgan fingerprint density at radius 3 is 2.37 bits per heavy atom. The number of amides is 3. The molecule has 9 nitrogen and oxygen atoms in total. The number of carbonyl (C=O) groups excluding carboxylic acids is 3. The average Bonchev–Trinajstić information content (AvgIpc) is 3.50. The van der Waals surface area contributed by atoms with E-state index in [4.69, 9.17) is 13.9 Å². The Kier molecular flexibility index (Phi) is 6.89. The first-order chi connectivity index (χ1) is 16.6. The smallest absolute Gasteiger partial charge is 0.256 e. The van der Waals surface area contributed by atoms with Gasteiger partial charge in [0.2, 0.25) is 11.8 Å². The highest BCUT2D eigenvalue weighted by molar-refractivity contribution is 5.98. The molecule has 2 fully saturated rings. The molecule has 1 N–H and O–H groups in total. The average molecular weight is 484 g/mol. The van der Waals surface area contributed by atoms with Crippen molar-refractivity contribution in [2.24, 2.45) is 5.41 Å². The third kappa shape index (κ3) is 5.05. The van der Waals surface area contributed by atoms with Crippen LogP contribution < -0.4 is 10.1 Å². The molecule has 0 saturated carbocycles. The largest absolute Gasteiger partial charge is 0.497 e. The molecule has 1 aromatic heterocycles. The summed E-state index contributed by atoms with van der Waals surface area (Å²) >= 11 is 0. The van der Waals surface area contributed by atoms with E-state index in [9.17, 15) is 14.4 Å². The number of hydrogen-bond donors (Lipinski definition) is 1. The van der Waals surface area contributed by atoms with Gasteiger partial charge in [-0.3, -0.25) is 19.3 Å². The van der Waals surface area contributed by atoms with Crippen LogP contribution >= 0.6 is 0 Å². The predicted octanol–water partition coefficient (Wildman–Crippen LogP) is 2.81. The van der Waals surface area contributed by atoms with Crippen molar-refractivity contribution in [3.8, 4) is 5.75 Å². The van der Waals surface area contributed by atoms with Crippen LogP contribution in [-0.2, 0) is 20.9 Å². The summed E-state index contributed by atoms with van der Waals surface area (Å²) in [6, 6.07) is 9.52. The van der Waals surface area contributed by atoms with Crippen LogP contribution in [0.4, 0.5) is 0 Å². The normalized spacial score (nSPS) is 19.6. The van der Waals surface area contributed by atoms with Crippen molar-refractivity contribution < 1.29 is 28.3 Å². The molecule has 4 rings (SSSR count). The summed E-state index contributed by atoms with van der Waals surface area (Å²) in [6.45, 7) is 6.87. The summed E-state index contributed by atoms with van der Waals surface area (Å²) < 4.78 is 16.7. The van der Waals surface area contributed by atoms with Gasteiger partial charge in [0.15, 0.2) is 0 Å². The fourth-order valence-corrected chi connectivity index (χ4v) is 4.68. The zero-order chi connectivity index (χ0) is 25.2. The minimum Gasteiger partial charge on any atom is -0.497 e. The maximum Gasteiger partial charge on any atom is 0.256 e. The Morgan fingerprint density at radius 1 is 1.11 bits per heavy atom. The van der Waals surface area contributed by atoms with E-state index < -0.39 is 17.2 Å². The fourth-order valence-electron chi connectivity index (χ4n) is 4.68. The molecule has 0 aliphatic carbocycles. The molecule has 35 heavy (non-hydrogen) atoms. The van der Waals surface area contributed by atoms with Gasteiger partial charge in [0.25, 0.3) is 5.91 Å². The van der Waals surface area contributed by atoms with Gasteiger partial charge in [-0.05, 0) is 36.4 Å². The van der Waals surface area contributed by atoms with E-state index in [0.29, 0.717) is 43.0 Å². The van der Waals surface area contributed by atoms with Gasteiger partial charge in [0.05, 0.1) is 26.5 Å². The third-order valence-electron chi connectivity index (χ3n) is 6.61. The zero-order valence-corrected chi connectivity index (χ0v) is 20.7. The van der Waals surface area contributed by atoms with Crippen molar-refractivity contribution in [3.05, 3.63) is 54.0 Å². The number of carbonyl (C=O) groups is 3. The molecule has 3 amide bonds. The van der Waals surface area contributed by atoms with Crippen LogP contribution in [0, 0.1) is 5.41 Å². The molecular formula is C26H33N3O6. The van der Waals surface area contributed by atoms with Gasteiger partial charge >= 0.3 is 0 Å². The molecular weight excluding hydrogens is 450 g/mol. The number of nitrogens with zero attached hydrogens (tertiary/aromatic N) is 2. The first-order valence-electron chi connectivity index (χ1n) is 11.9. The standard InChI is InChI=1S/C26H33N3O6/c1-25(2,3)24(32)28-13-11-26(12-14-28)29(23(31)18-7-9-19(33-4)10-8-18)21(17-35-26)22(30)27-16-20-6-5-15-34-20/h5-10,15,21H,11-14,16-17H2,1-4H3,(H,27,30). The maximum absolute atomic E-state index is 13.8. The van der Waals surface area contributed by atoms with Gasteiger partial charge in [-0.15, -0.1) is 0 Å². The third-order valence-corrected chi connectivity index (χ3v) is 6.61. The van der Waals surface area contributed by atoms with E-state index >= 15 is 0 Å². The van der Waals surface area contributed by atoms with E-state index in [2.05, 4.69) is 5.32 Å². The Balaban J connectivity index is 1.57. The van der Waals surface area contributed by atoms with Crippen molar-refractivity contribution >= 4 is 17.7 Å². The Hall–Kier alpha value is -3.33. The number of benzene rings is 1. The number of ether oxygens (including phenoxy) is 2. The number of nitrogens with one attached hydrogen (secondary N) is 1. The molecule has 2 aliphatic heterocycles. The van der Waals surface area contributed by atoms with E-state index in [1.807, 2.05) is 25.7 Å². The fraction of sp³-hybridized carbons (Fsp3) is 0.500. The second kappa shape index (κ2) is 9.73. The summed E-state index contributed by atoms with van der Waals surface area (Å²) in [5.74, 6) is 0.711. The van der Waals surface area contributed by atoms with Crippen LogP contribution in [0.1, 0.15) is 49.7 Å². The van der Waals surface area contributed by atoms with E-state index in [1.165, 1.54) is 0 Å². The Labute approximate surface area is 205 Å². The second-order valence-electron chi connectivity index (χ2n) is 10.0. The molecule has 9 heteroatoms. The van der Waals surface area contributed by atoms with Gasteiger partial charge in [-0.1, -0.05) is 20.8 Å². The molecule has 1 atom stereocenters. The van der Waals surface area contributed by atoms with Crippen molar-refractivity contribution in [2.45, 2.75) is 51.9 Å². The van der Waals surface area contributed by atoms with Crippen molar-refractivity contribution in [3.63, 3.8) is 0 Å². The van der Waals surface area contributed by atoms with Crippen LogP contribution in [0.5, 0.6) is 5.75 Å². The first kappa shape index (κ1) is 24.8. The molecule has 1 aromatic carbocycles. The van der Waals surface area contributed by atoms with Gasteiger partial charge in [0, 0.05) is 36.9 Å². The summed E-state index contributed by atoms with van der Waals surface area (Å²) in [6.07, 6.45) is 2.40. The lowest BCUT2D eigenvalue weighted by Crippen LogP contribution is -2.60. The lowest BCUT2D eigenvalue weighted by atomic mass is 9.91. The van der Waals surface area contributed by atoms with Crippen LogP contribution in [0.2, 0.25) is 0 Å². The number of piperidine rings is 1. The number of furan rings is 1. The van der Waals surface area contributed by atoms with Crippen molar-refractivity contribution in [2.75, 3.05) is 26.8 Å². The molecule has 188 valence electrons. The highest BCUT2D eigenvalue weighted by atomic mass is 16.5. The monoisotopic (exact) mass is 483 g/mol. The van der Waals surface area contributed by atoms with E-state index in [1.54, 1.807) is 54.7 Å². The first-order valence-corrected chi connectivity index (χ1v) is 11.9. The number of rotatable bonds is 5. The highest BCUT2D eigenvalue weighted by Gasteiger charge is 2.54. The predicted molar refractivity (Wildman–Crippen MR) is 127 cm³/mol. The highest BCUT2D eigenvalue weighted by Crippen LogP contribution is 2.39. The molecule has 0 bridgehead atoms. The molecule has 2 saturated heterocycles. The lowest BCUT2D eigenvalue weighted by molar-refractivity contribution is -0.150. The quantitative estimate of drug-likeness (QED) is 0.702. The maximum atomic E-state index is 13.8. The summed E-state index contributed by atoms with van der Waals surface area (Å²) in [7, 11) is 1.56. The van der Waals surface area contributed by atoms with E-state index in [0.717, 1.165) is 0 Å². The number of methoxy groups -OCH3 is 1. The van der Waals surface area contributed by atoms with Crippen LogP contribution in [-0.4, -0.2) is 66.1 Å². The van der Waals surface area contributed by atoms with Crippen LogP contribution in [0.15, 0.2) is 47.1 Å². The van der Waals surface area contributed by atoms with Gasteiger partial charge in [0.1, 0.15) is 23.3 Å². The van der Waals surface area contributed by atoms with Crippen molar-refractivity contribution in [1.29, 1.82) is 0 Å². The minimum absolute atomic E-state index is 0.0612. The summed E-state index contributed by atoms with van der Waals surface area (Å²) in [4.78, 5) is 43.2. The molecule has 1 unspecified atom stereocenters. The van der Waals surface area contributed by atoms with Gasteiger partial charge in [-0.2, -0.15) is 0 Å². The molecule has 1 spiro atoms. The summed E-state index contributed by atoms with van der Waals surface area (Å²) in [5, 5.41) is 2.86. The second-order valence-corrected chi connectivity index (χ2v) is 10.0. The minimum atomic E-state index is -0.960. The van der Waals surface area contributed by atoms with Crippen molar-refractivity contribution in [1.82, 2.24) is 15.1 Å². The van der Waals surface area contributed by atoms with Gasteiger partial charge in [-0.25, -0.2) is 0 Å². The van der Waals surface area contributed by atoms with Crippen LogP contribution in [0.3, 0.4) is 0 Å². The summed E-state index contributed by atoms with van der Waals surface area (Å²) in [5.41, 5.74) is -1.01. The number of hydrogen-bond acceptors (Lipinski definition) is 6. The molecule has 2 aliphatic rings. The number of likely N-dealkylation sites (tertiary alicyclic amines) is 1. The molecule has 2 aromatic rings. The zero-order valence-electron chi connectivity index (χ0n) is 20.7. The molecule has 3 heterocycles.